The average molecular weight is 661 g/mol. The molecule has 0 aliphatic rings. The van der Waals surface area contributed by atoms with Gasteiger partial charge in [-0.2, -0.15) is 4.40 Å². The fraction of sp³-hybridized carbons (Fsp3) is 0.294. The third-order valence-electron chi connectivity index (χ3n) is 7.25. The van der Waals surface area contributed by atoms with E-state index in [1.807, 2.05) is 79.7 Å². The summed E-state index contributed by atoms with van der Waals surface area (Å²) < 4.78 is 30.2. The number of fused-ring (bicyclic) bond motifs is 1. The Labute approximate surface area is 275 Å². The van der Waals surface area contributed by atoms with Crippen molar-refractivity contribution in [2.45, 2.75) is 51.4 Å². The number of hydrogen-bond donors (Lipinski definition) is 4. The molecule has 2 amide bonds. The van der Waals surface area contributed by atoms with Crippen molar-refractivity contribution < 1.29 is 18.0 Å². The van der Waals surface area contributed by atoms with Crippen LogP contribution in [0.2, 0.25) is 0 Å². The first-order valence-corrected chi connectivity index (χ1v) is 18.1. The number of pyridine rings is 1. The highest BCUT2D eigenvalue weighted by atomic mass is 32.2. The van der Waals surface area contributed by atoms with Gasteiger partial charge >= 0.3 is 0 Å². The van der Waals surface area contributed by atoms with E-state index in [1.165, 1.54) is 12.5 Å². The quantitative estimate of drug-likeness (QED) is 0.111. The zero-order valence-electron chi connectivity index (χ0n) is 26.2. The van der Waals surface area contributed by atoms with Gasteiger partial charge in [-0.15, -0.1) is 0 Å². The van der Waals surface area contributed by atoms with E-state index >= 15 is 0 Å². The fourth-order valence-corrected chi connectivity index (χ4v) is 6.04. The maximum atomic E-state index is 13.7. The molecular formula is C34H40N6O4S2. The summed E-state index contributed by atoms with van der Waals surface area (Å²) in [5, 5.41) is 11.5. The monoisotopic (exact) mass is 660 g/mol. The second-order valence-electron chi connectivity index (χ2n) is 10.9. The summed E-state index contributed by atoms with van der Waals surface area (Å²) in [6.45, 7) is 3.15. The second kappa shape index (κ2) is 17.4. The van der Waals surface area contributed by atoms with Gasteiger partial charge in [0.25, 0.3) is 5.91 Å². The van der Waals surface area contributed by atoms with Gasteiger partial charge in [-0.3, -0.25) is 19.3 Å². The summed E-state index contributed by atoms with van der Waals surface area (Å²) in [7, 11) is -2.89. The first-order chi connectivity index (χ1) is 22.2. The van der Waals surface area contributed by atoms with Crippen molar-refractivity contribution in [2.24, 2.45) is 4.40 Å². The lowest BCUT2D eigenvalue weighted by Crippen LogP contribution is -2.47. The Hall–Kier alpha value is -4.26. The smallest absolute Gasteiger partial charge is 0.251 e. The number of amides is 2. The van der Waals surface area contributed by atoms with Crippen LogP contribution in [0.15, 0.2) is 95.5 Å². The Morgan fingerprint density at radius 1 is 0.870 bits per heavy atom. The zero-order chi connectivity index (χ0) is 32.9. The molecule has 4 atom stereocenters. The molecule has 46 heavy (non-hydrogen) atoms. The van der Waals surface area contributed by atoms with Gasteiger partial charge in [0, 0.05) is 43.8 Å². The first-order valence-electron chi connectivity index (χ1n) is 15.0. The molecule has 0 saturated heterocycles. The molecule has 0 aliphatic heterocycles. The number of aromatic nitrogens is 1. The van der Waals surface area contributed by atoms with E-state index in [4.69, 9.17) is 0 Å². The Morgan fingerprint density at radius 3 is 2.33 bits per heavy atom. The number of benzene rings is 3. The van der Waals surface area contributed by atoms with Gasteiger partial charge in [0.1, 0.15) is 33.8 Å². The molecule has 0 spiro atoms. The number of carbonyl (C=O) groups excluding carboxylic acids is 2. The van der Waals surface area contributed by atoms with Crippen LogP contribution >= 0.6 is 0 Å². The molecule has 4 N–H and O–H groups in total. The summed E-state index contributed by atoms with van der Waals surface area (Å²) in [6, 6.07) is 25.8. The van der Waals surface area contributed by atoms with E-state index in [0.29, 0.717) is 37.3 Å². The first kappa shape index (κ1) is 34.6. The summed E-state index contributed by atoms with van der Waals surface area (Å²) in [5.41, 5.74) is 3.35. The molecule has 1 aromatic heterocycles. The zero-order valence-corrected chi connectivity index (χ0v) is 27.8. The summed E-state index contributed by atoms with van der Waals surface area (Å²) in [6.07, 6.45) is 5.64. The lowest BCUT2D eigenvalue weighted by Gasteiger charge is -2.23. The van der Waals surface area contributed by atoms with Gasteiger partial charge in [0.15, 0.2) is 0 Å². The third-order valence-corrected chi connectivity index (χ3v) is 8.26. The van der Waals surface area contributed by atoms with Crippen LogP contribution in [0.1, 0.15) is 59.4 Å². The minimum atomic E-state index is -1.49. The van der Waals surface area contributed by atoms with Gasteiger partial charge in [0.2, 0.25) is 5.91 Å². The highest BCUT2D eigenvalue weighted by molar-refractivity contribution is 7.84. The van der Waals surface area contributed by atoms with Gasteiger partial charge in [-0.1, -0.05) is 60.7 Å². The van der Waals surface area contributed by atoms with Crippen molar-refractivity contribution in [1.29, 1.82) is 0 Å². The molecule has 0 aliphatic carbocycles. The van der Waals surface area contributed by atoms with E-state index in [0.717, 1.165) is 27.6 Å². The van der Waals surface area contributed by atoms with E-state index in [2.05, 4.69) is 30.1 Å². The minimum Gasteiger partial charge on any atom is -0.348 e. The number of carbonyl (C=O) groups is 2. The molecule has 4 aromatic rings. The van der Waals surface area contributed by atoms with Gasteiger partial charge in [-0.05, 0) is 65.9 Å². The molecule has 1 heterocycles. The second-order valence-corrected chi connectivity index (χ2v) is 13.0. The summed E-state index contributed by atoms with van der Waals surface area (Å²) >= 11 is 0. The third kappa shape index (κ3) is 10.7. The maximum Gasteiger partial charge on any atom is 0.251 e. The minimum absolute atomic E-state index is 0.281. The predicted octanol–water partition coefficient (Wildman–Crippen LogP) is 4.25. The fourth-order valence-electron chi connectivity index (χ4n) is 5.05. The lowest BCUT2D eigenvalue weighted by molar-refractivity contribution is -0.123. The molecule has 10 nitrogen and oxygen atoms in total. The molecule has 0 radical (unpaired) electrons. The van der Waals surface area contributed by atoms with Crippen LogP contribution in [0.3, 0.4) is 0 Å². The van der Waals surface area contributed by atoms with Crippen LogP contribution < -0.4 is 20.7 Å². The van der Waals surface area contributed by atoms with Crippen molar-refractivity contribution in [3.05, 3.63) is 114 Å². The number of nitrogens with zero attached hydrogens (tertiary/aromatic N) is 2. The maximum absolute atomic E-state index is 13.7. The SMILES string of the molecule is CC(NC(=O)[C@H](CCCC(=NS(C)=O)N[S@](C)=O)NC(=O)c1ccc(CNCc2ccccn2)cc1)c1cccc2ccccc12. The van der Waals surface area contributed by atoms with Crippen LogP contribution in [-0.2, 0) is 39.9 Å². The van der Waals surface area contributed by atoms with Crippen molar-refractivity contribution in [2.75, 3.05) is 12.5 Å². The Balaban J connectivity index is 1.44. The number of hydrogen-bond acceptors (Lipinski definition) is 6. The normalized spacial score (nSPS) is 14.2. The molecule has 3 aromatic carbocycles. The average Bonchev–Trinajstić information content (AvgIpc) is 3.04. The van der Waals surface area contributed by atoms with E-state index in [1.54, 1.807) is 18.3 Å². The number of nitrogens with one attached hydrogen (secondary N) is 4. The molecule has 0 fully saturated rings. The van der Waals surface area contributed by atoms with Crippen molar-refractivity contribution in [1.82, 2.24) is 25.7 Å². The Bertz CT molecular complexity index is 1690. The van der Waals surface area contributed by atoms with E-state index in [9.17, 15) is 18.0 Å². The molecule has 0 saturated carbocycles. The largest absolute Gasteiger partial charge is 0.348 e. The Kier molecular flexibility index (Phi) is 13.1. The van der Waals surface area contributed by atoms with E-state index < -0.39 is 28.0 Å². The highest BCUT2D eigenvalue weighted by Gasteiger charge is 2.24. The molecule has 12 heteroatoms. The topological polar surface area (TPSA) is 142 Å². The standard InChI is InChI=1S/C34H40N6O4S2/c1-24(29-14-8-11-26-10-4-5-13-30(26)29)37-34(42)31(15-9-16-32(39-45(2)43)40-46(3)44)38-33(41)27-19-17-25(18-20-27)22-35-23-28-12-6-7-21-36-28/h4-8,10-14,17-21,24,31,35H,9,15-16,22-23H2,1-3H3,(H,37,42)(H,38,41)(H,39,40)/t24?,31-,45-,46?/m0/s1. The predicted molar refractivity (Wildman–Crippen MR) is 186 cm³/mol. The van der Waals surface area contributed by atoms with Crippen LogP contribution in [0.5, 0.6) is 0 Å². The van der Waals surface area contributed by atoms with Crippen LogP contribution in [0.4, 0.5) is 0 Å². The van der Waals surface area contributed by atoms with Crippen LogP contribution in [0.25, 0.3) is 10.8 Å². The lowest BCUT2D eigenvalue weighted by atomic mass is 9.99. The Morgan fingerprint density at radius 2 is 1.61 bits per heavy atom. The van der Waals surface area contributed by atoms with Crippen LogP contribution in [0, 0.1) is 0 Å². The molecule has 242 valence electrons. The van der Waals surface area contributed by atoms with Crippen molar-refractivity contribution >= 4 is 50.4 Å². The van der Waals surface area contributed by atoms with Crippen molar-refractivity contribution in [3.63, 3.8) is 0 Å². The summed E-state index contributed by atoms with van der Waals surface area (Å²) in [4.78, 5) is 31.3. The van der Waals surface area contributed by atoms with Gasteiger partial charge in [-0.25, -0.2) is 8.42 Å². The molecular weight excluding hydrogens is 621 g/mol. The van der Waals surface area contributed by atoms with Gasteiger partial charge in [0.05, 0.1) is 11.7 Å². The highest BCUT2D eigenvalue weighted by Crippen LogP contribution is 2.24. The van der Waals surface area contributed by atoms with Crippen LogP contribution in [-0.4, -0.2) is 49.6 Å². The molecule has 2 unspecified atom stereocenters. The van der Waals surface area contributed by atoms with Gasteiger partial charge < -0.3 is 16.0 Å². The van der Waals surface area contributed by atoms with E-state index in [-0.39, 0.29) is 24.3 Å². The number of rotatable bonds is 15. The number of amidine groups is 1. The summed E-state index contributed by atoms with van der Waals surface area (Å²) in [5.74, 6) is -0.375. The molecule has 4 rings (SSSR count). The molecule has 0 bridgehead atoms. The van der Waals surface area contributed by atoms with Crippen molar-refractivity contribution in [3.8, 4) is 0 Å².